The van der Waals surface area contributed by atoms with E-state index >= 15 is 0 Å². The Morgan fingerprint density at radius 1 is 1.16 bits per heavy atom. The van der Waals surface area contributed by atoms with Gasteiger partial charge in [-0.05, 0) is 38.3 Å². The van der Waals surface area contributed by atoms with E-state index in [2.05, 4.69) is 32.0 Å². The van der Waals surface area contributed by atoms with Gasteiger partial charge in [-0.3, -0.25) is 5.10 Å². The van der Waals surface area contributed by atoms with Crippen molar-refractivity contribution in [1.82, 2.24) is 30.0 Å². The number of H-pyrrole nitrogens is 1. The molecule has 38 heavy (non-hydrogen) atoms. The number of hydrogen-bond donors (Lipinski definition) is 3. The zero-order chi connectivity index (χ0) is 27.0. The van der Waals surface area contributed by atoms with Crippen molar-refractivity contribution in [2.75, 3.05) is 25.0 Å². The Labute approximate surface area is 222 Å². The number of alkyl halides is 3. The average molecular weight is 568 g/mol. The molecule has 4 aromatic heterocycles. The van der Waals surface area contributed by atoms with Crippen molar-refractivity contribution in [2.45, 2.75) is 43.9 Å². The predicted octanol–water partition coefficient (Wildman–Crippen LogP) is 4.61. The van der Waals surface area contributed by atoms with Gasteiger partial charge in [-0.1, -0.05) is 22.7 Å². The number of hydrogen-bond acceptors (Lipinski definition) is 10. The molecule has 2 fully saturated rings. The fourth-order valence-corrected chi connectivity index (χ4v) is 6.86. The molecule has 0 amide bonds. The molecule has 2 atom stereocenters. The number of aromatic hydroxyl groups is 1. The molecule has 0 aliphatic carbocycles. The van der Waals surface area contributed by atoms with Crippen LogP contribution in [0, 0.1) is 0 Å². The second-order valence-corrected chi connectivity index (χ2v) is 11.1. The Morgan fingerprint density at radius 2 is 1.92 bits per heavy atom. The van der Waals surface area contributed by atoms with Gasteiger partial charge in [-0.15, -0.1) is 0 Å². The highest BCUT2D eigenvalue weighted by Crippen LogP contribution is 2.40. The average Bonchev–Trinajstić information content (AvgIpc) is 3.67. The highest BCUT2D eigenvalue weighted by Gasteiger charge is 2.38. The minimum absolute atomic E-state index is 0.112. The number of nitrogens with zero attached hydrogens (tertiary/aromatic N) is 6. The van der Waals surface area contributed by atoms with E-state index in [9.17, 15) is 18.3 Å². The van der Waals surface area contributed by atoms with Crippen molar-refractivity contribution in [3.8, 4) is 27.6 Å². The van der Waals surface area contributed by atoms with Crippen LogP contribution < -0.4 is 4.90 Å². The van der Waals surface area contributed by atoms with Crippen LogP contribution in [0.1, 0.15) is 25.7 Å². The van der Waals surface area contributed by atoms with Gasteiger partial charge in [0.2, 0.25) is 0 Å². The molecular formula is C23H24F3N7O3S2. The van der Waals surface area contributed by atoms with Crippen molar-refractivity contribution < 1.29 is 28.2 Å². The van der Waals surface area contributed by atoms with Crippen LogP contribution in [0.2, 0.25) is 0 Å². The van der Waals surface area contributed by atoms with Gasteiger partial charge in [0.05, 0.1) is 6.20 Å². The summed E-state index contributed by atoms with van der Waals surface area (Å²) in [6, 6.07) is 2.98. The summed E-state index contributed by atoms with van der Waals surface area (Å²) < 4.78 is 31.7. The lowest BCUT2D eigenvalue weighted by molar-refractivity contribution is -0.192. The van der Waals surface area contributed by atoms with Gasteiger partial charge in [0, 0.05) is 49.2 Å². The van der Waals surface area contributed by atoms with E-state index in [1.165, 1.54) is 50.1 Å². The van der Waals surface area contributed by atoms with E-state index < -0.39 is 12.1 Å². The molecule has 2 unspecified atom stereocenters. The van der Waals surface area contributed by atoms with Gasteiger partial charge in [0.1, 0.15) is 16.5 Å². The number of rotatable bonds is 4. The SMILES string of the molecule is CN(c1nc2sc(-c3ncc(-c4cn[nH]c4)cc3O)nc2s1)C1CCN2CCCC2C1.O=C(O)C(F)(F)F. The maximum atomic E-state index is 10.6. The molecule has 202 valence electrons. The van der Waals surface area contributed by atoms with Gasteiger partial charge in [0.15, 0.2) is 14.8 Å². The van der Waals surface area contributed by atoms with Crippen LogP contribution in [0.5, 0.6) is 5.75 Å². The molecule has 0 radical (unpaired) electrons. The third-order valence-electron chi connectivity index (χ3n) is 6.75. The zero-order valence-electron chi connectivity index (χ0n) is 20.1. The largest absolute Gasteiger partial charge is 0.506 e. The first-order valence-corrected chi connectivity index (χ1v) is 13.5. The molecule has 15 heteroatoms. The summed E-state index contributed by atoms with van der Waals surface area (Å²) >= 11 is 3.11. The molecule has 6 heterocycles. The van der Waals surface area contributed by atoms with Crippen LogP contribution in [0.15, 0.2) is 24.7 Å². The molecule has 0 aromatic carbocycles. The summed E-state index contributed by atoms with van der Waals surface area (Å²) in [6.45, 7) is 2.46. The summed E-state index contributed by atoms with van der Waals surface area (Å²) in [4.78, 5) is 29.8. The number of anilines is 1. The highest BCUT2D eigenvalue weighted by molar-refractivity contribution is 7.29. The Kier molecular flexibility index (Phi) is 7.24. The van der Waals surface area contributed by atoms with E-state index in [-0.39, 0.29) is 5.75 Å². The van der Waals surface area contributed by atoms with Crippen LogP contribution in [-0.2, 0) is 4.79 Å². The fourth-order valence-electron chi connectivity index (χ4n) is 4.78. The summed E-state index contributed by atoms with van der Waals surface area (Å²) in [5.41, 5.74) is 2.18. The van der Waals surface area contributed by atoms with Gasteiger partial charge in [-0.25, -0.2) is 19.7 Å². The lowest BCUT2D eigenvalue weighted by atomic mass is 9.97. The molecule has 0 spiro atoms. The normalized spacial score (nSPS) is 19.7. The van der Waals surface area contributed by atoms with Crippen molar-refractivity contribution in [3.63, 3.8) is 0 Å². The summed E-state index contributed by atoms with van der Waals surface area (Å²) in [7, 11) is 2.17. The Hall–Kier alpha value is -3.30. The summed E-state index contributed by atoms with van der Waals surface area (Å²) in [5.74, 6) is -2.65. The number of pyridine rings is 1. The molecular weight excluding hydrogens is 543 g/mol. The third kappa shape index (κ3) is 5.44. The van der Waals surface area contributed by atoms with Crippen LogP contribution in [0.4, 0.5) is 18.3 Å². The zero-order valence-corrected chi connectivity index (χ0v) is 21.8. The minimum Gasteiger partial charge on any atom is -0.506 e. The number of aromatic nitrogens is 5. The molecule has 2 aliphatic heterocycles. The quantitative estimate of drug-likeness (QED) is 0.324. The number of halogens is 3. The van der Waals surface area contributed by atoms with Gasteiger partial charge >= 0.3 is 12.1 Å². The van der Waals surface area contributed by atoms with Crippen LogP contribution in [0.3, 0.4) is 0 Å². The first-order chi connectivity index (χ1) is 18.1. The van der Waals surface area contributed by atoms with Crippen molar-refractivity contribution in [3.05, 3.63) is 24.7 Å². The number of carboxylic acid groups (broad SMARTS) is 1. The van der Waals surface area contributed by atoms with Crippen LogP contribution in [0.25, 0.3) is 31.5 Å². The maximum absolute atomic E-state index is 10.6. The van der Waals surface area contributed by atoms with E-state index in [1.54, 1.807) is 36.0 Å². The number of piperidine rings is 1. The number of carbonyl (C=O) groups is 1. The van der Waals surface area contributed by atoms with Crippen molar-refractivity contribution in [2.24, 2.45) is 0 Å². The number of aliphatic carboxylic acids is 1. The van der Waals surface area contributed by atoms with Gasteiger partial charge in [0.25, 0.3) is 0 Å². The van der Waals surface area contributed by atoms with Crippen molar-refractivity contribution >= 4 is 43.4 Å². The molecule has 4 aromatic rings. The smallest absolute Gasteiger partial charge is 0.490 e. The minimum atomic E-state index is -5.08. The number of carboxylic acids is 1. The first kappa shape index (κ1) is 26.3. The van der Waals surface area contributed by atoms with Gasteiger partial charge < -0.3 is 20.0 Å². The van der Waals surface area contributed by atoms with Gasteiger partial charge in [-0.2, -0.15) is 18.3 Å². The predicted molar refractivity (Wildman–Crippen MR) is 137 cm³/mol. The highest BCUT2D eigenvalue weighted by atomic mass is 32.1. The Morgan fingerprint density at radius 3 is 2.58 bits per heavy atom. The second kappa shape index (κ2) is 10.5. The van der Waals surface area contributed by atoms with Crippen LogP contribution in [-0.4, -0.2) is 84.6 Å². The third-order valence-corrected chi connectivity index (χ3v) is 8.88. The Balaban J connectivity index is 0.000000374. The Bertz CT molecular complexity index is 1390. The fraction of sp³-hybridized carbons (Fsp3) is 0.435. The second-order valence-electron chi connectivity index (χ2n) is 9.13. The molecule has 10 nitrogen and oxygen atoms in total. The van der Waals surface area contributed by atoms with E-state index in [4.69, 9.17) is 19.9 Å². The standard InChI is InChI=1S/C21H23N7OS2.C2HF3O2/c1-27(14-4-6-28-5-2-3-15(28)8-14)21-26-20-19(31-21)25-18(30-20)17-16(29)7-12(9-22-17)13-10-23-24-11-13;3-2(4,5)1(6)7/h7,9-11,14-15,29H,2-6,8H2,1H3,(H,23,24);(H,6,7). The number of thiazole rings is 2. The van der Waals surface area contributed by atoms with Crippen LogP contribution >= 0.6 is 22.7 Å². The van der Waals surface area contributed by atoms with E-state index in [1.807, 2.05) is 0 Å². The molecule has 6 rings (SSSR count). The lowest BCUT2D eigenvalue weighted by Crippen LogP contribution is -2.46. The van der Waals surface area contributed by atoms with E-state index in [0.29, 0.717) is 16.7 Å². The molecule has 3 N–H and O–H groups in total. The number of fused-ring (bicyclic) bond motifs is 2. The summed E-state index contributed by atoms with van der Waals surface area (Å²) in [6.07, 6.45) is 5.21. The maximum Gasteiger partial charge on any atom is 0.490 e. The molecule has 2 aliphatic rings. The first-order valence-electron chi connectivity index (χ1n) is 11.8. The number of aromatic amines is 1. The lowest BCUT2D eigenvalue weighted by Gasteiger charge is -2.39. The summed E-state index contributed by atoms with van der Waals surface area (Å²) in [5, 5.41) is 26.1. The molecule has 0 bridgehead atoms. The monoisotopic (exact) mass is 567 g/mol. The number of nitrogens with one attached hydrogen (secondary N) is 1. The van der Waals surface area contributed by atoms with E-state index in [0.717, 1.165) is 32.0 Å². The molecule has 0 saturated carbocycles. The van der Waals surface area contributed by atoms with Crippen molar-refractivity contribution in [1.29, 1.82) is 0 Å². The molecule has 2 saturated heterocycles. The topological polar surface area (TPSA) is 131 Å².